The molecule has 94 valence electrons. The molecule has 0 radical (unpaired) electrons. The molecule has 0 bridgehead atoms. The minimum Gasteiger partial charge on any atom is -0.370 e. The highest BCUT2D eigenvalue weighted by molar-refractivity contribution is 6.35. The molecule has 1 aliphatic rings. The molecule has 1 heterocycles. The Morgan fingerprint density at radius 3 is 2.65 bits per heavy atom. The Labute approximate surface area is 111 Å². The van der Waals surface area contributed by atoms with Crippen LogP contribution in [0.15, 0.2) is 12.1 Å². The molecule has 0 aliphatic carbocycles. The second-order valence-corrected chi connectivity index (χ2v) is 5.03. The molecular formula is C12H15Cl2FN2. The second kappa shape index (κ2) is 5.42. The van der Waals surface area contributed by atoms with Gasteiger partial charge in [0.1, 0.15) is 0 Å². The van der Waals surface area contributed by atoms with E-state index in [2.05, 4.69) is 17.1 Å². The Hall–Kier alpha value is -0.510. The van der Waals surface area contributed by atoms with Crippen LogP contribution in [0.2, 0.25) is 10.0 Å². The van der Waals surface area contributed by atoms with E-state index in [1.165, 1.54) is 0 Å². The summed E-state index contributed by atoms with van der Waals surface area (Å²) in [5, 5.41) is 3.57. The number of halogens is 3. The molecule has 0 spiro atoms. The van der Waals surface area contributed by atoms with E-state index in [1.54, 1.807) is 12.1 Å². The second-order valence-electron chi connectivity index (χ2n) is 4.21. The van der Waals surface area contributed by atoms with Crippen molar-refractivity contribution in [3.8, 4) is 0 Å². The summed E-state index contributed by atoms with van der Waals surface area (Å²) >= 11 is 11.6. The van der Waals surface area contributed by atoms with Crippen molar-refractivity contribution in [2.75, 3.05) is 24.5 Å². The first-order chi connectivity index (χ1) is 8.11. The maximum Gasteiger partial charge on any atom is 0.160 e. The van der Waals surface area contributed by atoms with Gasteiger partial charge in [0.25, 0.3) is 0 Å². The number of nitrogens with one attached hydrogen (secondary N) is 1. The molecule has 1 saturated heterocycles. The van der Waals surface area contributed by atoms with E-state index in [9.17, 15) is 4.39 Å². The zero-order valence-corrected chi connectivity index (χ0v) is 11.2. The van der Waals surface area contributed by atoms with Gasteiger partial charge >= 0.3 is 0 Å². The lowest BCUT2D eigenvalue weighted by Gasteiger charge is -2.19. The quantitative estimate of drug-likeness (QED) is 0.853. The average molecular weight is 277 g/mol. The van der Waals surface area contributed by atoms with Crippen molar-refractivity contribution in [2.24, 2.45) is 0 Å². The molecular weight excluding hydrogens is 262 g/mol. The Balaban J connectivity index is 2.14. The minimum atomic E-state index is -0.542. The maximum atomic E-state index is 13.3. The molecule has 1 unspecified atom stereocenters. The van der Waals surface area contributed by atoms with Gasteiger partial charge < -0.3 is 10.2 Å². The van der Waals surface area contributed by atoms with Crippen molar-refractivity contribution in [1.29, 1.82) is 0 Å². The summed E-state index contributed by atoms with van der Waals surface area (Å²) in [5.41, 5.74) is 0.891. The normalized spacial score (nSPS) is 20.0. The fourth-order valence-electron chi connectivity index (χ4n) is 2.17. The molecule has 5 heteroatoms. The SMILES string of the molecule is CCNC1CCN(c2cc(Cl)c(F)c(Cl)c2)C1. The Morgan fingerprint density at radius 1 is 1.41 bits per heavy atom. The lowest BCUT2D eigenvalue weighted by atomic mass is 10.2. The summed E-state index contributed by atoms with van der Waals surface area (Å²) < 4.78 is 13.3. The van der Waals surface area contributed by atoms with Crippen LogP contribution >= 0.6 is 23.2 Å². The fraction of sp³-hybridized carbons (Fsp3) is 0.500. The summed E-state index contributed by atoms with van der Waals surface area (Å²) in [6, 6.07) is 3.76. The third-order valence-electron chi connectivity index (χ3n) is 3.01. The standard InChI is InChI=1S/C12H15Cl2FN2/c1-2-16-8-3-4-17(7-8)9-5-10(13)12(15)11(14)6-9/h5-6,8,16H,2-4,7H2,1H3. The van der Waals surface area contributed by atoms with Crippen LogP contribution in [0.3, 0.4) is 0 Å². The van der Waals surface area contributed by atoms with Crippen molar-refractivity contribution in [1.82, 2.24) is 5.32 Å². The van der Waals surface area contributed by atoms with Crippen molar-refractivity contribution in [2.45, 2.75) is 19.4 Å². The van der Waals surface area contributed by atoms with E-state index in [4.69, 9.17) is 23.2 Å². The van der Waals surface area contributed by atoms with Crippen LogP contribution in [0, 0.1) is 5.82 Å². The van der Waals surface area contributed by atoms with Crippen molar-refractivity contribution >= 4 is 28.9 Å². The smallest absolute Gasteiger partial charge is 0.160 e. The van der Waals surface area contributed by atoms with Gasteiger partial charge in [-0.2, -0.15) is 0 Å². The highest BCUT2D eigenvalue weighted by Crippen LogP contribution is 2.31. The molecule has 1 N–H and O–H groups in total. The van der Waals surface area contributed by atoms with Crippen LogP contribution in [-0.4, -0.2) is 25.7 Å². The Morgan fingerprint density at radius 2 is 2.06 bits per heavy atom. The first kappa shape index (κ1) is 12.9. The predicted octanol–water partition coefficient (Wildman–Crippen LogP) is 3.32. The van der Waals surface area contributed by atoms with Crippen molar-refractivity contribution in [3.63, 3.8) is 0 Å². The number of hydrogen-bond acceptors (Lipinski definition) is 2. The van der Waals surface area contributed by atoms with Gasteiger partial charge in [-0.1, -0.05) is 30.1 Å². The molecule has 1 fully saturated rings. The Bertz CT molecular complexity index is 388. The molecule has 1 atom stereocenters. The summed E-state index contributed by atoms with van der Waals surface area (Å²) in [6.45, 7) is 4.90. The van der Waals surface area contributed by atoms with Gasteiger partial charge in [0.05, 0.1) is 10.0 Å². The number of hydrogen-bond donors (Lipinski definition) is 1. The molecule has 2 rings (SSSR count). The maximum absolute atomic E-state index is 13.3. The first-order valence-electron chi connectivity index (χ1n) is 5.74. The number of nitrogens with zero attached hydrogens (tertiary/aromatic N) is 1. The minimum absolute atomic E-state index is 0.0828. The van der Waals surface area contributed by atoms with Crippen molar-refractivity contribution in [3.05, 3.63) is 28.0 Å². The summed E-state index contributed by atoms with van der Waals surface area (Å²) in [4.78, 5) is 2.17. The molecule has 0 amide bonds. The fourth-order valence-corrected chi connectivity index (χ4v) is 2.65. The molecule has 1 aromatic carbocycles. The molecule has 1 aliphatic heterocycles. The van der Waals surface area contributed by atoms with Crippen LogP contribution in [0.1, 0.15) is 13.3 Å². The third kappa shape index (κ3) is 2.84. The molecule has 0 aromatic heterocycles. The van der Waals surface area contributed by atoms with E-state index in [1.807, 2.05) is 0 Å². The highest BCUT2D eigenvalue weighted by atomic mass is 35.5. The summed E-state index contributed by atoms with van der Waals surface area (Å²) in [7, 11) is 0. The molecule has 2 nitrogen and oxygen atoms in total. The summed E-state index contributed by atoms with van der Waals surface area (Å²) in [5.74, 6) is -0.542. The number of benzene rings is 1. The number of anilines is 1. The van der Waals surface area contributed by atoms with Crippen LogP contribution in [0.5, 0.6) is 0 Å². The highest BCUT2D eigenvalue weighted by Gasteiger charge is 2.23. The lowest BCUT2D eigenvalue weighted by molar-refractivity contribution is 0.572. The average Bonchev–Trinajstić information content (AvgIpc) is 2.74. The third-order valence-corrected chi connectivity index (χ3v) is 3.56. The lowest BCUT2D eigenvalue weighted by Crippen LogP contribution is -2.32. The predicted molar refractivity (Wildman–Crippen MR) is 70.7 cm³/mol. The van der Waals surface area contributed by atoms with Crippen LogP contribution in [0.4, 0.5) is 10.1 Å². The van der Waals surface area contributed by atoms with Gasteiger partial charge in [-0.15, -0.1) is 0 Å². The number of likely N-dealkylation sites (N-methyl/N-ethyl adjacent to an activating group) is 1. The van der Waals surface area contributed by atoms with E-state index in [0.29, 0.717) is 6.04 Å². The molecule has 1 aromatic rings. The first-order valence-corrected chi connectivity index (χ1v) is 6.50. The molecule has 17 heavy (non-hydrogen) atoms. The van der Waals surface area contributed by atoms with E-state index < -0.39 is 5.82 Å². The van der Waals surface area contributed by atoms with Crippen LogP contribution in [-0.2, 0) is 0 Å². The van der Waals surface area contributed by atoms with Gasteiger partial charge in [-0.05, 0) is 25.1 Å². The van der Waals surface area contributed by atoms with E-state index in [0.717, 1.165) is 31.7 Å². The van der Waals surface area contributed by atoms with E-state index >= 15 is 0 Å². The summed E-state index contributed by atoms with van der Waals surface area (Å²) in [6.07, 6.45) is 1.08. The van der Waals surface area contributed by atoms with Gasteiger partial charge in [0, 0.05) is 24.8 Å². The largest absolute Gasteiger partial charge is 0.370 e. The van der Waals surface area contributed by atoms with Gasteiger partial charge in [0.2, 0.25) is 0 Å². The topological polar surface area (TPSA) is 15.3 Å². The van der Waals surface area contributed by atoms with Gasteiger partial charge in [0.15, 0.2) is 5.82 Å². The van der Waals surface area contributed by atoms with Gasteiger partial charge in [-0.3, -0.25) is 0 Å². The number of rotatable bonds is 3. The van der Waals surface area contributed by atoms with E-state index in [-0.39, 0.29) is 10.0 Å². The van der Waals surface area contributed by atoms with Crippen molar-refractivity contribution < 1.29 is 4.39 Å². The Kier molecular flexibility index (Phi) is 4.13. The van der Waals surface area contributed by atoms with Crippen LogP contribution in [0.25, 0.3) is 0 Å². The van der Waals surface area contributed by atoms with Crippen LogP contribution < -0.4 is 10.2 Å². The monoisotopic (exact) mass is 276 g/mol. The van der Waals surface area contributed by atoms with Gasteiger partial charge in [-0.25, -0.2) is 4.39 Å². The zero-order chi connectivity index (χ0) is 12.4. The zero-order valence-electron chi connectivity index (χ0n) is 9.64. The molecule has 0 saturated carbocycles.